The van der Waals surface area contributed by atoms with Gasteiger partial charge >= 0.3 is 0 Å². The Labute approximate surface area is 172 Å². The molecule has 8 heteroatoms. The minimum Gasteiger partial charge on any atom is -0.490 e. The van der Waals surface area contributed by atoms with Crippen LogP contribution in [-0.2, 0) is 15.1 Å². The highest BCUT2D eigenvalue weighted by atomic mass is 79.9. The van der Waals surface area contributed by atoms with E-state index < -0.39 is 0 Å². The van der Waals surface area contributed by atoms with Gasteiger partial charge in [0.15, 0.2) is 5.17 Å². The lowest BCUT2D eigenvalue weighted by atomic mass is 9.82. The number of hydrogen-bond donors (Lipinski definition) is 2. The summed E-state index contributed by atoms with van der Waals surface area (Å²) in [5, 5.41) is 3.66. The SMILES string of the molecule is COCCC(=O)NC(C)CC[C@H]1CC2(CSC(N)=N2)c2cc(Br)ccc2O1. The van der Waals surface area contributed by atoms with E-state index in [0.717, 1.165) is 40.8 Å². The Morgan fingerprint density at radius 2 is 2.41 bits per heavy atom. The molecule has 3 rings (SSSR count). The van der Waals surface area contributed by atoms with Crippen LogP contribution in [-0.4, -0.2) is 42.7 Å². The summed E-state index contributed by atoms with van der Waals surface area (Å²) in [4.78, 5) is 16.6. The molecule has 2 aliphatic rings. The predicted molar refractivity (Wildman–Crippen MR) is 112 cm³/mol. The first-order chi connectivity index (χ1) is 12.9. The normalized spacial score (nSPS) is 24.9. The molecule has 0 aromatic heterocycles. The average Bonchev–Trinajstić information content (AvgIpc) is 3.00. The smallest absolute Gasteiger partial charge is 0.222 e. The van der Waals surface area contributed by atoms with Gasteiger partial charge in [0.2, 0.25) is 5.91 Å². The molecule has 1 aromatic carbocycles. The summed E-state index contributed by atoms with van der Waals surface area (Å²) in [5.74, 6) is 1.74. The van der Waals surface area contributed by atoms with E-state index in [1.165, 1.54) is 0 Å². The zero-order valence-electron chi connectivity index (χ0n) is 15.7. The van der Waals surface area contributed by atoms with Gasteiger partial charge in [-0.2, -0.15) is 0 Å². The van der Waals surface area contributed by atoms with Crippen molar-refractivity contribution in [3.05, 3.63) is 28.2 Å². The Morgan fingerprint density at radius 1 is 1.59 bits per heavy atom. The number of aliphatic imine (C=N–C) groups is 1. The zero-order valence-corrected chi connectivity index (χ0v) is 18.1. The molecule has 1 amide bonds. The second-order valence-corrected chi connectivity index (χ2v) is 9.05. The number of amides is 1. The Hall–Kier alpha value is -1.25. The molecule has 1 aromatic rings. The van der Waals surface area contributed by atoms with Crippen molar-refractivity contribution < 1.29 is 14.3 Å². The van der Waals surface area contributed by atoms with Gasteiger partial charge in [0.1, 0.15) is 17.4 Å². The van der Waals surface area contributed by atoms with Crippen molar-refractivity contribution in [2.45, 2.75) is 50.3 Å². The maximum atomic E-state index is 11.8. The fourth-order valence-corrected chi connectivity index (χ4v) is 4.92. The number of methoxy groups -OCH3 is 1. The number of halogens is 1. The fraction of sp³-hybridized carbons (Fsp3) is 0.579. The van der Waals surface area contributed by atoms with Gasteiger partial charge in [-0.3, -0.25) is 9.79 Å². The number of ether oxygens (including phenoxy) is 2. The number of carbonyl (C=O) groups excluding carboxylic acids is 1. The van der Waals surface area contributed by atoms with Crippen LogP contribution in [0.5, 0.6) is 5.75 Å². The molecule has 148 valence electrons. The van der Waals surface area contributed by atoms with Crippen LogP contribution < -0.4 is 15.8 Å². The first-order valence-electron chi connectivity index (χ1n) is 9.15. The van der Waals surface area contributed by atoms with Crippen molar-refractivity contribution in [1.29, 1.82) is 0 Å². The Morgan fingerprint density at radius 3 is 3.11 bits per heavy atom. The number of rotatable bonds is 7. The number of nitrogens with one attached hydrogen (secondary N) is 1. The van der Waals surface area contributed by atoms with Crippen LogP contribution in [0.4, 0.5) is 0 Å². The molecule has 0 saturated carbocycles. The van der Waals surface area contributed by atoms with E-state index in [-0.39, 0.29) is 23.6 Å². The fourth-order valence-electron chi connectivity index (χ4n) is 3.60. The van der Waals surface area contributed by atoms with Crippen molar-refractivity contribution in [3.8, 4) is 5.75 Å². The van der Waals surface area contributed by atoms with E-state index in [0.29, 0.717) is 18.2 Å². The molecule has 2 heterocycles. The monoisotopic (exact) mass is 455 g/mol. The first-order valence-corrected chi connectivity index (χ1v) is 10.9. The number of nitrogens with two attached hydrogens (primary N) is 1. The Balaban J connectivity index is 1.65. The summed E-state index contributed by atoms with van der Waals surface area (Å²) < 4.78 is 12.2. The standard InChI is InChI=1S/C19H26BrN3O3S/c1-12(22-17(24)7-8-25-2)3-5-14-10-19(11-27-18(21)23-19)15-9-13(20)4-6-16(15)26-14/h4,6,9,12,14H,3,5,7-8,10-11H2,1-2H3,(H2,21,23)(H,22,24)/t12?,14-,19?/m0/s1. The summed E-state index contributed by atoms with van der Waals surface area (Å²) in [7, 11) is 1.60. The number of fused-ring (bicyclic) bond motifs is 2. The van der Waals surface area contributed by atoms with Gasteiger partial charge in [0.25, 0.3) is 0 Å². The maximum Gasteiger partial charge on any atom is 0.222 e. The highest BCUT2D eigenvalue weighted by molar-refractivity contribution is 9.10. The molecular formula is C19H26BrN3O3S. The summed E-state index contributed by atoms with van der Waals surface area (Å²) in [5.41, 5.74) is 6.78. The quantitative estimate of drug-likeness (QED) is 0.659. The van der Waals surface area contributed by atoms with E-state index in [1.54, 1.807) is 18.9 Å². The number of hydrogen-bond acceptors (Lipinski definition) is 6. The molecule has 2 unspecified atom stereocenters. The molecule has 6 nitrogen and oxygen atoms in total. The molecule has 3 N–H and O–H groups in total. The van der Waals surface area contributed by atoms with Gasteiger partial charge in [-0.25, -0.2) is 0 Å². The van der Waals surface area contributed by atoms with Gasteiger partial charge in [0, 0.05) is 41.8 Å². The maximum absolute atomic E-state index is 11.8. The lowest BCUT2D eigenvalue weighted by Gasteiger charge is -2.38. The van der Waals surface area contributed by atoms with Gasteiger partial charge in [0.05, 0.1) is 6.61 Å². The van der Waals surface area contributed by atoms with Crippen molar-refractivity contribution in [2.75, 3.05) is 19.5 Å². The van der Waals surface area contributed by atoms with Gasteiger partial charge in [-0.05, 0) is 38.0 Å². The second kappa shape index (κ2) is 8.84. The molecule has 0 fully saturated rings. The van der Waals surface area contributed by atoms with Crippen LogP contribution in [0.3, 0.4) is 0 Å². The van der Waals surface area contributed by atoms with Crippen molar-refractivity contribution >= 4 is 38.8 Å². The number of carbonyl (C=O) groups is 1. The lowest BCUT2D eigenvalue weighted by Crippen LogP contribution is -2.39. The lowest BCUT2D eigenvalue weighted by molar-refractivity contribution is -0.122. The van der Waals surface area contributed by atoms with Crippen LogP contribution in [0.2, 0.25) is 0 Å². The molecule has 0 aliphatic carbocycles. The third-order valence-corrected chi connectivity index (χ3v) is 6.45. The highest BCUT2D eigenvalue weighted by Crippen LogP contribution is 2.48. The number of benzene rings is 1. The van der Waals surface area contributed by atoms with Crippen LogP contribution in [0.15, 0.2) is 27.7 Å². The molecule has 0 bridgehead atoms. The summed E-state index contributed by atoms with van der Waals surface area (Å²) in [6.07, 6.45) is 2.93. The topological polar surface area (TPSA) is 85.9 Å². The highest BCUT2D eigenvalue weighted by Gasteiger charge is 2.45. The van der Waals surface area contributed by atoms with Crippen LogP contribution in [0.25, 0.3) is 0 Å². The molecule has 2 aliphatic heterocycles. The predicted octanol–water partition coefficient (Wildman–Crippen LogP) is 3.18. The number of amidine groups is 1. The van der Waals surface area contributed by atoms with Crippen molar-refractivity contribution in [2.24, 2.45) is 10.7 Å². The Bertz CT molecular complexity index is 730. The number of thioether (sulfide) groups is 1. The van der Waals surface area contributed by atoms with E-state index >= 15 is 0 Å². The minimum atomic E-state index is -0.318. The largest absolute Gasteiger partial charge is 0.490 e. The first kappa shape index (κ1) is 20.5. The van der Waals surface area contributed by atoms with Crippen LogP contribution in [0, 0.1) is 0 Å². The molecular weight excluding hydrogens is 430 g/mol. The third kappa shape index (κ3) is 4.97. The molecule has 27 heavy (non-hydrogen) atoms. The van der Waals surface area contributed by atoms with E-state index in [4.69, 9.17) is 20.2 Å². The third-order valence-electron chi connectivity index (χ3n) is 4.95. The average molecular weight is 456 g/mol. The zero-order chi connectivity index (χ0) is 19.4. The van der Waals surface area contributed by atoms with Crippen molar-refractivity contribution in [3.63, 3.8) is 0 Å². The molecule has 0 radical (unpaired) electrons. The Kier molecular flexibility index (Phi) is 6.70. The van der Waals surface area contributed by atoms with E-state index in [1.807, 2.05) is 19.1 Å². The summed E-state index contributed by atoms with van der Waals surface area (Å²) >= 11 is 5.15. The molecule has 0 saturated heterocycles. The molecule has 1 spiro atoms. The summed E-state index contributed by atoms with van der Waals surface area (Å²) in [6, 6.07) is 6.17. The van der Waals surface area contributed by atoms with Crippen molar-refractivity contribution in [1.82, 2.24) is 5.32 Å². The minimum absolute atomic E-state index is 0.0187. The van der Waals surface area contributed by atoms with Gasteiger partial charge in [-0.1, -0.05) is 27.7 Å². The second-order valence-electron chi connectivity index (χ2n) is 7.14. The summed E-state index contributed by atoms with van der Waals surface area (Å²) in [6.45, 7) is 2.46. The van der Waals surface area contributed by atoms with Crippen LogP contribution in [0.1, 0.15) is 38.2 Å². The van der Waals surface area contributed by atoms with E-state index in [9.17, 15) is 4.79 Å². The van der Waals surface area contributed by atoms with E-state index in [2.05, 4.69) is 27.3 Å². The number of nitrogens with zero attached hydrogens (tertiary/aromatic N) is 1. The van der Waals surface area contributed by atoms with Gasteiger partial charge in [-0.15, -0.1) is 0 Å². The van der Waals surface area contributed by atoms with Gasteiger partial charge < -0.3 is 20.5 Å². The molecule has 3 atom stereocenters. The van der Waals surface area contributed by atoms with Crippen LogP contribution >= 0.6 is 27.7 Å².